The van der Waals surface area contributed by atoms with Gasteiger partial charge in [0.2, 0.25) is 5.89 Å². The maximum atomic E-state index is 13.3. The summed E-state index contributed by atoms with van der Waals surface area (Å²) in [4.78, 5) is 20.3. The second kappa shape index (κ2) is 5.65. The molecule has 2 aromatic rings. The predicted octanol–water partition coefficient (Wildman–Crippen LogP) is 1.96. The number of carboxylic acids is 1. The third-order valence-corrected chi connectivity index (χ3v) is 2.87. The molecular formula is C10H6FN3O5S. The minimum absolute atomic E-state index is 0.0192. The molecule has 0 aliphatic rings. The average Bonchev–Trinajstić information content (AvgIpc) is 2.84. The van der Waals surface area contributed by atoms with Crippen LogP contribution in [0.25, 0.3) is 11.5 Å². The van der Waals surface area contributed by atoms with Crippen molar-refractivity contribution in [3.05, 3.63) is 34.1 Å². The zero-order chi connectivity index (χ0) is 14.7. The number of hydrogen-bond acceptors (Lipinski definition) is 7. The SMILES string of the molecule is O=C(O)CSc1nnc(-c2cc(F)cc([N+](=O)[O-])c2)o1. The van der Waals surface area contributed by atoms with Crippen molar-refractivity contribution in [3.63, 3.8) is 0 Å². The van der Waals surface area contributed by atoms with E-state index >= 15 is 0 Å². The number of halogens is 1. The predicted molar refractivity (Wildman–Crippen MR) is 64.7 cm³/mol. The highest BCUT2D eigenvalue weighted by Gasteiger charge is 2.16. The van der Waals surface area contributed by atoms with Crippen molar-refractivity contribution < 1.29 is 23.6 Å². The van der Waals surface area contributed by atoms with Gasteiger partial charge in [-0.3, -0.25) is 14.9 Å². The summed E-state index contributed by atoms with van der Waals surface area (Å²) in [5.74, 6) is -2.27. The summed E-state index contributed by atoms with van der Waals surface area (Å²) in [6.45, 7) is 0. The molecular weight excluding hydrogens is 293 g/mol. The van der Waals surface area contributed by atoms with Crippen LogP contribution < -0.4 is 0 Å². The molecule has 0 amide bonds. The first-order valence-corrected chi connectivity index (χ1v) is 6.07. The zero-order valence-corrected chi connectivity index (χ0v) is 10.5. The van der Waals surface area contributed by atoms with Crippen LogP contribution in [0.3, 0.4) is 0 Å². The van der Waals surface area contributed by atoms with Gasteiger partial charge in [0.1, 0.15) is 11.6 Å². The van der Waals surface area contributed by atoms with Gasteiger partial charge >= 0.3 is 5.97 Å². The minimum Gasteiger partial charge on any atom is -0.481 e. The zero-order valence-electron chi connectivity index (χ0n) is 9.65. The minimum atomic E-state index is -1.06. The maximum absolute atomic E-state index is 13.3. The molecule has 0 bridgehead atoms. The van der Waals surface area contributed by atoms with Gasteiger partial charge in [0, 0.05) is 11.6 Å². The Bertz CT molecular complexity index is 675. The number of benzene rings is 1. The molecule has 1 N–H and O–H groups in total. The standard InChI is InChI=1S/C10H6FN3O5S/c11-6-1-5(2-7(3-6)14(17)18)9-12-13-10(19-9)20-4-8(15)16/h1-3H,4H2,(H,15,16). The lowest BCUT2D eigenvalue weighted by atomic mass is 10.2. The molecule has 0 spiro atoms. The monoisotopic (exact) mass is 299 g/mol. The number of nitrogens with zero attached hydrogens (tertiary/aromatic N) is 3. The van der Waals surface area contributed by atoms with E-state index in [-0.39, 0.29) is 22.4 Å². The second-order valence-electron chi connectivity index (χ2n) is 3.51. The van der Waals surface area contributed by atoms with E-state index in [1.54, 1.807) is 0 Å². The number of carbonyl (C=O) groups is 1. The van der Waals surface area contributed by atoms with Gasteiger partial charge in [-0.25, -0.2) is 4.39 Å². The molecule has 1 aromatic carbocycles. The molecule has 0 radical (unpaired) electrons. The van der Waals surface area contributed by atoms with Crippen molar-refractivity contribution in [1.29, 1.82) is 0 Å². The molecule has 20 heavy (non-hydrogen) atoms. The molecule has 1 heterocycles. The van der Waals surface area contributed by atoms with Crippen molar-refractivity contribution in [2.45, 2.75) is 5.22 Å². The summed E-state index contributed by atoms with van der Waals surface area (Å²) in [5.41, 5.74) is -0.399. The highest BCUT2D eigenvalue weighted by atomic mass is 32.2. The van der Waals surface area contributed by atoms with Gasteiger partial charge in [0.15, 0.2) is 0 Å². The van der Waals surface area contributed by atoms with Crippen molar-refractivity contribution in [1.82, 2.24) is 10.2 Å². The molecule has 0 saturated heterocycles. The summed E-state index contributed by atoms with van der Waals surface area (Å²) in [5, 5.41) is 26.2. The van der Waals surface area contributed by atoms with E-state index in [4.69, 9.17) is 9.52 Å². The van der Waals surface area contributed by atoms with Crippen LogP contribution in [-0.2, 0) is 4.79 Å². The molecule has 0 aliphatic carbocycles. The first-order valence-electron chi connectivity index (χ1n) is 5.09. The first-order chi connectivity index (χ1) is 9.45. The lowest BCUT2D eigenvalue weighted by Gasteiger charge is -1.96. The Morgan fingerprint density at radius 3 is 2.85 bits per heavy atom. The molecule has 8 nitrogen and oxygen atoms in total. The van der Waals surface area contributed by atoms with Gasteiger partial charge in [0.25, 0.3) is 10.9 Å². The summed E-state index contributed by atoms with van der Waals surface area (Å²) in [6.07, 6.45) is 0. The van der Waals surface area contributed by atoms with E-state index < -0.39 is 22.4 Å². The molecule has 0 unspecified atom stereocenters. The Morgan fingerprint density at radius 2 is 2.20 bits per heavy atom. The van der Waals surface area contributed by atoms with Crippen LogP contribution in [0.4, 0.5) is 10.1 Å². The van der Waals surface area contributed by atoms with Crippen molar-refractivity contribution in [2.75, 3.05) is 5.75 Å². The van der Waals surface area contributed by atoms with Crippen LogP contribution in [0.1, 0.15) is 0 Å². The Labute approximate surface area is 114 Å². The van der Waals surface area contributed by atoms with E-state index in [1.807, 2.05) is 0 Å². The fourth-order valence-corrected chi connectivity index (χ4v) is 1.79. The summed E-state index contributed by atoms with van der Waals surface area (Å²) in [7, 11) is 0. The highest BCUT2D eigenvalue weighted by Crippen LogP contribution is 2.27. The van der Waals surface area contributed by atoms with Crippen LogP contribution in [-0.4, -0.2) is 31.9 Å². The molecule has 0 saturated carbocycles. The molecule has 10 heteroatoms. The second-order valence-corrected chi connectivity index (χ2v) is 4.44. The molecule has 2 rings (SSSR count). The van der Waals surface area contributed by atoms with Crippen molar-refractivity contribution >= 4 is 23.4 Å². The van der Waals surface area contributed by atoms with Gasteiger partial charge in [-0.15, -0.1) is 10.2 Å². The van der Waals surface area contributed by atoms with Crippen LogP contribution in [0.2, 0.25) is 0 Å². The Hall–Kier alpha value is -2.49. The molecule has 104 valence electrons. The van der Waals surface area contributed by atoms with Gasteiger partial charge in [-0.2, -0.15) is 0 Å². The Morgan fingerprint density at radius 1 is 1.45 bits per heavy atom. The smallest absolute Gasteiger partial charge is 0.314 e. The van der Waals surface area contributed by atoms with E-state index in [1.165, 1.54) is 0 Å². The highest BCUT2D eigenvalue weighted by molar-refractivity contribution is 7.99. The summed E-state index contributed by atoms with van der Waals surface area (Å²) in [6, 6.07) is 2.86. The fourth-order valence-electron chi connectivity index (χ4n) is 1.31. The van der Waals surface area contributed by atoms with Crippen molar-refractivity contribution in [2.24, 2.45) is 0 Å². The summed E-state index contributed by atoms with van der Waals surface area (Å²) < 4.78 is 18.4. The van der Waals surface area contributed by atoms with Crippen LogP contribution in [0.15, 0.2) is 27.8 Å². The van der Waals surface area contributed by atoms with Gasteiger partial charge in [0.05, 0.1) is 11.0 Å². The number of thioether (sulfide) groups is 1. The normalized spacial score (nSPS) is 10.4. The number of hydrogen-bond donors (Lipinski definition) is 1. The molecule has 1 aromatic heterocycles. The largest absolute Gasteiger partial charge is 0.481 e. The fraction of sp³-hybridized carbons (Fsp3) is 0.100. The van der Waals surface area contributed by atoms with Crippen LogP contribution >= 0.6 is 11.8 Å². The van der Waals surface area contributed by atoms with Crippen LogP contribution in [0.5, 0.6) is 0 Å². The van der Waals surface area contributed by atoms with Gasteiger partial charge in [-0.05, 0) is 6.07 Å². The van der Waals surface area contributed by atoms with Crippen LogP contribution in [0, 0.1) is 15.9 Å². The number of aromatic nitrogens is 2. The molecule has 0 atom stereocenters. The van der Waals surface area contributed by atoms with E-state index in [0.29, 0.717) is 0 Å². The summed E-state index contributed by atoms with van der Waals surface area (Å²) >= 11 is 0.791. The number of rotatable bonds is 5. The van der Waals surface area contributed by atoms with Crippen molar-refractivity contribution in [3.8, 4) is 11.5 Å². The number of nitro benzene ring substituents is 1. The number of nitro groups is 1. The van der Waals surface area contributed by atoms with Gasteiger partial charge < -0.3 is 9.52 Å². The number of carboxylic acid groups (broad SMARTS) is 1. The third kappa shape index (κ3) is 3.29. The van der Waals surface area contributed by atoms with Gasteiger partial charge in [-0.1, -0.05) is 11.8 Å². The lowest BCUT2D eigenvalue weighted by Crippen LogP contribution is -1.97. The van der Waals surface area contributed by atoms with E-state index in [2.05, 4.69) is 10.2 Å². The third-order valence-electron chi connectivity index (χ3n) is 2.07. The number of aliphatic carboxylic acids is 1. The Balaban J connectivity index is 2.27. The number of non-ortho nitro benzene ring substituents is 1. The lowest BCUT2D eigenvalue weighted by molar-refractivity contribution is -0.385. The molecule has 0 fully saturated rings. The average molecular weight is 299 g/mol. The first kappa shape index (κ1) is 13.9. The van der Waals surface area contributed by atoms with E-state index in [0.717, 1.165) is 30.0 Å². The maximum Gasteiger partial charge on any atom is 0.314 e. The quantitative estimate of drug-likeness (QED) is 0.505. The Kier molecular flexibility index (Phi) is 3.94. The topological polar surface area (TPSA) is 119 Å². The molecule has 0 aliphatic heterocycles. The van der Waals surface area contributed by atoms with E-state index in [9.17, 15) is 19.3 Å².